The molecule has 2 aliphatic heterocycles. The van der Waals surface area contributed by atoms with Gasteiger partial charge in [0, 0.05) is 33.4 Å². The normalized spacial score (nSPS) is 25.2. The van der Waals surface area contributed by atoms with Gasteiger partial charge in [-0.25, -0.2) is 0 Å². The number of amides is 1. The van der Waals surface area contributed by atoms with E-state index in [1.54, 1.807) is 4.90 Å². The highest BCUT2D eigenvalue weighted by Crippen LogP contribution is 2.41. The summed E-state index contributed by atoms with van der Waals surface area (Å²) in [5.41, 5.74) is 0.460. The first-order chi connectivity index (χ1) is 12.9. The molecule has 148 valence electrons. The van der Waals surface area contributed by atoms with E-state index in [2.05, 4.69) is 0 Å². The van der Waals surface area contributed by atoms with Crippen LogP contribution in [-0.2, 0) is 24.5 Å². The summed E-state index contributed by atoms with van der Waals surface area (Å²) < 4.78 is 10.8. The van der Waals surface area contributed by atoms with Gasteiger partial charge in [-0.15, -0.1) is 0 Å². The van der Waals surface area contributed by atoms with Crippen LogP contribution in [0.15, 0.2) is 24.3 Å². The zero-order valence-electron chi connectivity index (χ0n) is 16.2. The van der Waals surface area contributed by atoms with E-state index in [0.29, 0.717) is 45.4 Å². The maximum Gasteiger partial charge on any atom is 0.313 e. The number of aliphatic carboxylic acids is 1. The fourth-order valence-corrected chi connectivity index (χ4v) is 4.67. The van der Waals surface area contributed by atoms with Crippen LogP contribution >= 0.6 is 0 Å². The third kappa shape index (κ3) is 3.60. The third-order valence-corrected chi connectivity index (χ3v) is 6.15. The van der Waals surface area contributed by atoms with Gasteiger partial charge in [0.2, 0.25) is 5.91 Å². The van der Waals surface area contributed by atoms with E-state index in [9.17, 15) is 14.7 Å². The topological polar surface area (TPSA) is 76.1 Å². The van der Waals surface area contributed by atoms with Crippen LogP contribution in [0.3, 0.4) is 0 Å². The number of methoxy groups -OCH3 is 1. The van der Waals surface area contributed by atoms with Crippen molar-refractivity contribution in [3.63, 3.8) is 0 Å². The predicted octanol–water partition coefficient (Wildman–Crippen LogP) is 2.38. The largest absolute Gasteiger partial charge is 0.481 e. The number of hydrogen-bond acceptors (Lipinski definition) is 4. The minimum atomic E-state index is -1.03. The van der Waals surface area contributed by atoms with Crippen LogP contribution in [-0.4, -0.2) is 61.9 Å². The standard InChI is InChI=1S/C21H29NO5/c1-16-6-3-4-7-17(16)21(9-12-27-13-10-21)18(23)22-11-5-8-20(14-22,15-26-2)19(24)25/h3-4,6-7H,5,8-15H2,1-2H3,(H,24,25). The van der Waals surface area contributed by atoms with Crippen LogP contribution in [0.5, 0.6) is 0 Å². The third-order valence-electron chi connectivity index (χ3n) is 6.15. The van der Waals surface area contributed by atoms with Crippen molar-refractivity contribution in [2.45, 2.75) is 38.0 Å². The Morgan fingerprint density at radius 1 is 1.22 bits per heavy atom. The number of hydrogen-bond donors (Lipinski definition) is 1. The lowest BCUT2D eigenvalue weighted by molar-refractivity contribution is -0.161. The molecular weight excluding hydrogens is 346 g/mol. The summed E-state index contributed by atoms with van der Waals surface area (Å²) in [6.07, 6.45) is 2.44. The first-order valence-electron chi connectivity index (χ1n) is 9.61. The highest BCUT2D eigenvalue weighted by Gasteiger charge is 2.49. The number of carbonyl (C=O) groups excluding carboxylic acids is 1. The summed E-state index contributed by atoms with van der Waals surface area (Å²) in [4.78, 5) is 27.5. The number of carboxylic acid groups (broad SMARTS) is 1. The summed E-state index contributed by atoms with van der Waals surface area (Å²) in [6, 6.07) is 8.01. The van der Waals surface area contributed by atoms with Crippen LogP contribution in [0.1, 0.15) is 36.8 Å². The van der Waals surface area contributed by atoms with Crippen molar-refractivity contribution in [1.82, 2.24) is 4.90 Å². The zero-order valence-corrected chi connectivity index (χ0v) is 16.2. The molecule has 0 saturated carbocycles. The van der Waals surface area contributed by atoms with Crippen molar-refractivity contribution >= 4 is 11.9 Å². The first-order valence-corrected chi connectivity index (χ1v) is 9.61. The molecular formula is C21H29NO5. The second-order valence-corrected chi connectivity index (χ2v) is 7.86. The maximum absolute atomic E-state index is 13.8. The molecule has 6 heteroatoms. The molecule has 1 aromatic rings. The van der Waals surface area contributed by atoms with Gasteiger partial charge in [-0.05, 0) is 43.7 Å². The van der Waals surface area contributed by atoms with Crippen molar-refractivity contribution in [3.8, 4) is 0 Å². The maximum atomic E-state index is 13.8. The molecule has 2 fully saturated rings. The van der Waals surface area contributed by atoms with Crippen molar-refractivity contribution in [1.29, 1.82) is 0 Å². The van der Waals surface area contributed by atoms with Crippen LogP contribution in [0.2, 0.25) is 0 Å². The Balaban J connectivity index is 1.95. The van der Waals surface area contributed by atoms with Gasteiger partial charge < -0.3 is 19.5 Å². The Hall–Kier alpha value is -1.92. The second kappa shape index (κ2) is 7.98. The SMILES string of the molecule is COCC1(C(=O)O)CCCN(C(=O)C2(c3ccccc3C)CCOCC2)C1. The molecule has 1 atom stereocenters. The Kier molecular flexibility index (Phi) is 5.86. The molecule has 1 N–H and O–H groups in total. The number of benzene rings is 1. The van der Waals surface area contributed by atoms with E-state index in [-0.39, 0.29) is 19.1 Å². The van der Waals surface area contributed by atoms with Gasteiger partial charge >= 0.3 is 5.97 Å². The predicted molar refractivity (Wildman–Crippen MR) is 101 cm³/mol. The average molecular weight is 375 g/mol. The van der Waals surface area contributed by atoms with Crippen molar-refractivity contribution in [3.05, 3.63) is 35.4 Å². The van der Waals surface area contributed by atoms with Gasteiger partial charge in [0.05, 0.1) is 12.0 Å². The number of ether oxygens (including phenoxy) is 2. The molecule has 1 aromatic carbocycles. The molecule has 1 amide bonds. The number of carboxylic acids is 1. The Labute approximate surface area is 160 Å². The lowest BCUT2D eigenvalue weighted by Crippen LogP contribution is -2.57. The van der Waals surface area contributed by atoms with Crippen molar-refractivity contribution in [2.75, 3.05) is 40.0 Å². The molecule has 1 unspecified atom stereocenters. The van der Waals surface area contributed by atoms with Crippen molar-refractivity contribution < 1.29 is 24.2 Å². The lowest BCUT2D eigenvalue weighted by atomic mass is 9.70. The fraction of sp³-hybridized carbons (Fsp3) is 0.619. The number of carbonyl (C=O) groups is 2. The number of piperidine rings is 1. The minimum Gasteiger partial charge on any atom is -0.481 e. The summed E-state index contributed by atoms with van der Waals surface area (Å²) in [7, 11) is 1.51. The molecule has 3 rings (SSSR count). The number of rotatable bonds is 5. The summed E-state index contributed by atoms with van der Waals surface area (Å²) >= 11 is 0. The molecule has 6 nitrogen and oxygen atoms in total. The molecule has 2 saturated heterocycles. The number of aryl methyl sites for hydroxylation is 1. The minimum absolute atomic E-state index is 0.0292. The van der Waals surface area contributed by atoms with Gasteiger partial charge in [0.15, 0.2) is 0 Å². The lowest BCUT2D eigenvalue weighted by Gasteiger charge is -2.45. The summed E-state index contributed by atoms with van der Waals surface area (Å²) in [5, 5.41) is 9.82. The summed E-state index contributed by atoms with van der Waals surface area (Å²) in [6.45, 7) is 4.01. The zero-order chi connectivity index (χ0) is 19.5. The quantitative estimate of drug-likeness (QED) is 0.855. The average Bonchev–Trinajstić information content (AvgIpc) is 2.68. The van der Waals surface area contributed by atoms with Gasteiger partial charge in [-0.3, -0.25) is 9.59 Å². The van der Waals surface area contributed by atoms with Gasteiger partial charge in [-0.2, -0.15) is 0 Å². The highest BCUT2D eigenvalue weighted by molar-refractivity contribution is 5.89. The first kappa shape index (κ1) is 19.8. The molecule has 0 radical (unpaired) electrons. The van der Waals surface area contributed by atoms with E-state index in [0.717, 1.165) is 11.1 Å². The van der Waals surface area contributed by atoms with Crippen molar-refractivity contribution in [2.24, 2.45) is 5.41 Å². The Morgan fingerprint density at radius 2 is 1.93 bits per heavy atom. The van der Waals surface area contributed by atoms with E-state index >= 15 is 0 Å². The van der Waals surface area contributed by atoms with E-state index < -0.39 is 16.8 Å². The fourth-order valence-electron chi connectivity index (χ4n) is 4.67. The smallest absolute Gasteiger partial charge is 0.313 e. The van der Waals surface area contributed by atoms with Crippen LogP contribution in [0.25, 0.3) is 0 Å². The van der Waals surface area contributed by atoms with Gasteiger partial charge in [0.25, 0.3) is 0 Å². The molecule has 0 aromatic heterocycles. The van der Waals surface area contributed by atoms with Gasteiger partial charge in [0.1, 0.15) is 5.41 Å². The van der Waals surface area contributed by atoms with Gasteiger partial charge in [-0.1, -0.05) is 24.3 Å². The molecule has 0 bridgehead atoms. The van der Waals surface area contributed by atoms with Crippen LogP contribution in [0.4, 0.5) is 0 Å². The molecule has 27 heavy (non-hydrogen) atoms. The summed E-state index contributed by atoms with van der Waals surface area (Å²) in [5.74, 6) is -0.861. The highest BCUT2D eigenvalue weighted by atomic mass is 16.5. The number of likely N-dealkylation sites (tertiary alicyclic amines) is 1. The molecule has 0 aliphatic carbocycles. The Morgan fingerprint density at radius 3 is 2.56 bits per heavy atom. The molecule has 2 aliphatic rings. The Bertz CT molecular complexity index is 694. The monoisotopic (exact) mass is 375 g/mol. The van der Waals surface area contributed by atoms with E-state index in [1.807, 2.05) is 31.2 Å². The van der Waals surface area contributed by atoms with E-state index in [1.165, 1.54) is 7.11 Å². The molecule has 0 spiro atoms. The van der Waals surface area contributed by atoms with Crippen LogP contribution < -0.4 is 0 Å². The number of nitrogens with zero attached hydrogens (tertiary/aromatic N) is 1. The van der Waals surface area contributed by atoms with E-state index in [4.69, 9.17) is 9.47 Å². The second-order valence-electron chi connectivity index (χ2n) is 7.86. The molecule has 2 heterocycles. The van der Waals surface area contributed by atoms with Crippen LogP contribution in [0, 0.1) is 12.3 Å².